The quantitative estimate of drug-likeness (QED) is 0.760. The molecule has 0 bridgehead atoms. The lowest BCUT2D eigenvalue weighted by Crippen LogP contribution is -2.28. The summed E-state index contributed by atoms with van der Waals surface area (Å²) in [5.74, 6) is 0.558. The van der Waals surface area contributed by atoms with Gasteiger partial charge in [-0.2, -0.15) is 0 Å². The largest absolute Gasteiger partial charge is 0.389 e. The summed E-state index contributed by atoms with van der Waals surface area (Å²) in [5, 5.41) is 16.3. The van der Waals surface area contributed by atoms with Crippen molar-refractivity contribution < 1.29 is 5.11 Å². The summed E-state index contributed by atoms with van der Waals surface area (Å²) in [6, 6.07) is 9.93. The molecule has 0 aliphatic rings. The molecule has 1 aromatic heterocycles. The van der Waals surface area contributed by atoms with Crippen LogP contribution >= 0.6 is 0 Å². The van der Waals surface area contributed by atoms with Crippen molar-refractivity contribution in [3.63, 3.8) is 0 Å². The molecule has 2 rings (SSSR count). The Kier molecular flexibility index (Phi) is 5.11. The van der Waals surface area contributed by atoms with Gasteiger partial charge < -0.3 is 15.7 Å². The number of aliphatic hydroxyl groups excluding tert-OH is 1. The molecule has 0 unspecified atom stereocenters. The van der Waals surface area contributed by atoms with Crippen LogP contribution in [0.1, 0.15) is 17.0 Å². The second kappa shape index (κ2) is 7.04. The van der Waals surface area contributed by atoms with Gasteiger partial charge in [0.25, 0.3) is 0 Å². The minimum Gasteiger partial charge on any atom is -0.389 e. The van der Waals surface area contributed by atoms with Crippen molar-refractivity contribution in [1.82, 2.24) is 9.97 Å². The van der Waals surface area contributed by atoms with Crippen molar-refractivity contribution in [2.75, 3.05) is 23.7 Å². The molecule has 0 aliphatic carbocycles. The lowest BCUT2D eigenvalue weighted by atomic mass is 10.2. The van der Waals surface area contributed by atoms with Gasteiger partial charge in [-0.05, 0) is 38.5 Å². The second-order valence-corrected chi connectivity index (χ2v) is 5.20. The number of hydrogen-bond acceptors (Lipinski definition) is 5. The Hall–Kier alpha value is -2.14. The number of para-hydroxylation sites is 1. The molecule has 1 heterocycles. The van der Waals surface area contributed by atoms with Gasteiger partial charge in [0.1, 0.15) is 0 Å². The summed E-state index contributed by atoms with van der Waals surface area (Å²) in [6.45, 7) is 6.77. The van der Waals surface area contributed by atoms with Crippen LogP contribution in [0.25, 0.3) is 0 Å². The highest BCUT2D eigenvalue weighted by Gasteiger charge is 2.06. The number of nitrogens with zero attached hydrogens (tertiary/aromatic N) is 2. The average molecular weight is 286 g/mol. The van der Waals surface area contributed by atoms with Gasteiger partial charge in [-0.15, -0.1) is 0 Å². The first-order valence-electron chi connectivity index (χ1n) is 7.08. The smallest absolute Gasteiger partial charge is 0.223 e. The predicted molar refractivity (Wildman–Crippen MR) is 85.7 cm³/mol. The SMILES string of the molecule is Cc1cc(C)nc(NC[C@@H](O)CNc2ccccc2C)n1. The first-order valence-corrected chi connectivity index (χ1v) is 7.08. The Morgan fingerprint density at radius 1 is 1.00 bits per heavy atom. The Bertz CT molecular complexity index is 580. The first kappa shape index (κ1) is 15.3. The normalized spacial score (nSPS) is 12.0. The van der Waals surface area contributed by atoms with Crippen LogP contribution in [0.5, 0.6) is 0 Å². The zero-order chi connectivity index (χ0) is 15.2. The molecule has 1 aromatic carbocycles. The van der Waals surface area contributed by atoms with Gasteiger partial charge in [0.15, 0.2) is 0 Å². The second-order valence-electron chi connectivity index (χ2n) is 5.20. The summed E-state index contributed by atoms with van der Waals surface area (Å²) in [5.41, 5.74) is 4.03. The molecule has 2 aromatic rings. The Morgan fingerprint density at radius 3 is 2.29 bits per heavy atom. The van der Waals surface area contributed by atoms with Crippen molar-refractivity contribution in [3.05, 3.63) is 47.3 Å². The van der Waals surface area contributed by atoms with Crippen molar-refractivity contribution in [2.45, 2.75) is 26.9 Å². The highest BCUT2D eigenvalue weighted by atomic mass is 16.3. The van der Waals surface area contributed by atoms with Gasteiger partial charge >= 0.3 is 0 Å². The first-order chi connectivity index (χ1) is 10.0. The van der Waals surface area contributed by atoms with E-state index in [0.29, 0.717) is 19.0 Å². The molecule has 0 saturated carbocycles. The zero-order valence-corrected chi connectivity index (χ0v) is 12.7. The minimum atomic E-state index is -0.519. The van der Waals surface area contributed by atoms with Crippen molar-refractivity contribution in [3.8, 4) is 0 Å². The fourth-order valence-electron chi connectivity index (χ4n) is 2.09. The molecule has 1 atom stereocenters. The molecule has 0 amide bonds. The summed E-state index contributed by atoms with van der Waals surface area (Å²) < 4.78 is 0. The minimum absolute atomic E-state index is 0.405. The maximum absolute atomic E-state index is 10.0. The topological polar surface area (TPSA) is 70.1 Å². The van der Waals surface area contributed by atoms with Gasteiger partial charge in [-0.1, -0.05) is 18.2 Å². The lowest BCUT2D eigenvalue weighted by molar-refractivity contribution is 0.200. The van der Waals surface area contributed by atoms with E-state index in [0.717, 1.165) is 22.6 Å². The van der Waals surface area contributed by atoms with E-state index in [1.54, 1.807) is 0 Å². The highest BCUT2D eigenvalue weighted by molar-refractivity contribution is 5.50. The summed E-state index contributed by atoms with van der Waals surface area (Å²) >= 11 is 0. The fourth-order valence-corrected chi connectivity index (χ4v) is 2.09. The van der Waals surface area contributed by atoms with Gasteiger partial charge in [0.2, 0.25) is 5.95 Å². The maximum Gasteiger partial charge on any atom is 0.223 e. The summed E-state index contributed by atoms with van der Waals surface area (Å²) in [6.07, 6.45) is -0.519. The van der Waals surface area contributed by atoms with E-state index < -0.39 is 6.10 Å². The van der Waals surface area contributed by atoms with E-state index >= 15 is 0 Å². The number of hydrogen-bond donors (Lipinski definition) is 3. The molecule has 5 heteroatoms. The number of aryl methyl sites for hydroxylation is 3. The summed E-state index contributed by atoms with van der Waals surface area (Å²) in [7, 11) is 0. The molecule has 112 valence electrons. The van der Waals surface area contributed by atoms with Crippen LogP contribution in [0, 0.1) is 20.8 Å². The molecule has 0 saturated heterocycles. The molecule has 3 N–H and O–H groups in total. The van der Waals surface area contributed by atoms with Crippen LogP contribution in [0.4, 0.5) is 11.6 Å². The summed E-state index contributed by atoms with van der Waals surface area (Å²) in [4.78, 5) is 8.57. The standard InChI is InChI=1S/C16H22N4O/c1-11-6-4-5-7-15(11)17-9-14(21)10-18-16-19-12(2)8-13(3)20-16/h4-8,14,17,21H,9-10H2,1-3H3,(H,18,19,20)/t14-/m0/s1. The molecule has 5 nitrogen and oxygen atoms in total. The lowest BCUT2D eigenvalue weighted by Gasteiger charge is -2.15. The average Bonchev–Trinajstić information content (AvgIpc) is 2.43. The van der Waals surface area contributed by atoms with E-state index in [9.17, 15) is 5.11 Å². The number of aromatic nitrogens is 2. The third kappa shape index (κ3) is 4.72. The van der Waals surface area contributed by atoms with Crippen molar-refractivity contribution in [1.29, 1.82) is 0 Å². The molecule has 0 fully saturated rings. The van der Waals surface area contributed by atoms with Crippen molar-refractivity contribution >= 4 is 11.6 Å². The van der Waals surface area contributed by atoms with Crippen LogP contribution in [0.3, 0.4) is 0 Å². The van der Waals surface area contributed by atoms with Crippen LogP contribution < -0.4 is 10.6 Å². The van der Waals surface area contributed by atoms with Crippen LogP contribution in [0.2, 0.25) is 0 Å². The van der Waals surface area contributed by atoms with E-state index in [1.165, 1.54) is 0 Å². The van der Waals surface area contributed by atoms with E-state index in [-0.39, 0.29) is 0 Å². The number of aliphatic hydroxyl groups is 1. The Balaban J connectivity index is 1.82. The van der Waals surface area contributed by atoms with Crippen LogP contribution in [0.15, 0.2) is 30.3 Å². The Labute approximate surface area is 125 Å². The third-order valence-corrected chi connectivity index (χ3v) is 3.15. The van der Waals surface area contributed by atoms with Gasteiger partial charge in [0, 0.05) is 30.2 Å². The number of nitrogens with one attached hydrogen (secondary N) is 2. The molecule has 0 radical (unpaired) electrons. The molecule has 0 aliphatic heterocycles. The highest BCUT2D eigenvalue weighted by Crippen LogP contribution is 2.12. The van der Waals surface area contributed by atoms with Crippen molar-refractivity contribution in [2.24, 2.45) is 0 Å². The van der Waals surface area contributed by atoms with E-state index in [4.69, 9.17) is 0 Å². The third-order valence-electron chi connectivity index (χ3n) is 3.15. The van der Waals surface area contributed by atoms with Gasteiger partial charge in [-0.3, -0.25) is 0 Å². The molecular formula is C16H22N4O. The van der Waals surface area contributed by atoms with E-state index in [1.807, 2.05) is 51.1 Å². The molecular weight excluding hydrogens is 264 g/mol. The monoisotopic (exact) mass is 286 g/mol. The fraction of sp³-hybridized carbons (Fsp3) is 0.375. The van der Waals surface area contributed by atoms with Gasteiger partial charge in [-0.25, -0.2) is 9.97 Å². The predicted octanol–water partition coefficient (Wildman–Crippen LogP) is 2.29. The maximum atomic E-state index is 10.0. The van der Waals surface area contributed by atoms with Gasteiger partial charge in [0.05, 0.1) is 6.10 Å². The zero-order valence-electron chi connectivity index (χ0n) is 12.7. The number of benzene rings is 1. The number of anilines is 2. The van der Waals surface area contributed by atoms with E-state index in [2.05, 4.69) is 20.6 Å². The number of rotatable bonds is 6. The molecule has 21 heavy (non-hydrogen) atoms. The van der Waals surface area contributed by atoms with Crippen LogP contribution in [-0.4, -0.2) is 34.3 Å². The van der Waals surface area contributed by atoms with Crippen LogP contribution in [-0.2, 0) is 0 Å². The Morgan fingerprint density at radius 2 is 1.62 bits per heavy atom. The molecule has 0 spiro atoms.